The second kappa shape index (κ2) is 5.00. The summed E-state index contributed by atoms with van der Waals surface area (Å²) in [6, 6.07) is 3.50. The number of benzene rings is 1. The van der Waals surface area contributed by atoms with Crippen LogP contribution in [0, 0.1) is 23.6 Å². The lowest BCUT2D eigenvalue weighted by atomic mass is 9.99. The normalized spacial score (nSPS) is 19.5. The van der Waals surface area contributed by atoms with Gasteiger partial charge in [-0.15, -0.1) is 0 Å². The first-order valence-corrected chi connectivity index (χ1v) is 8.50. The van der Waals surface area contributed by atoms with Gasteiger partial charge in [0, 0.05) is 6.54 Å². The van der Waals surface area contributed by atoms with Crippen LogP contribution in [0.25, 0.3) is 0 Å². The molecule has 0 unspecified atom stereocenters. The molecule has 0 spiro atoms. The third-order valence-corrected chi connectivity index (χ3v) is 5.66. The van der Waals surface area contributed by atoms with Crippen LogP contribution in [-0.4, -0.2) is 15.0 Å². The first kappa shape index (κ1) is 13.8. The van der Waals surface area contributed by atoms with Crippen molar-refractivity contribution in [3.8, 4) is 0 Å². The van der Waals surface area contributed by atoms with Crippen molar-refractivity contribution in [2.75, 3.05) is 12.3 Å². The Morgan fingerprint density at radius 2 is 1.85 bits per heavy atom. The maximum absolute atomic E-state index is 13.1. The average Bonchev–Trinajstić information content (AvgIpc) is 3.25. The molecule has 0 amide bonds. The van der Waals surface area contributed by atoms with E-state index in [0.717, 1.165) is 6.07 Å². The molecular weight excluding hydrogens is 279 g/mol. The molecule has 0 aromatic heterocycles. The summed E-state index contributed by atoms with van der Waals surface area (Å²) < 4.78 is 40.1. The van der Waals surface area contributed by atoms with Crippen LogP contribution in [0.3, 0.4) is 0 Å². The highest BCUT2D eigenvalue weighted by atomic mass is 32.2. The smallest absolute Gasteiger partial charge is 0.240 e. The molecule has 0 aliphatic heterocycles. The third kappa shape index (κ3) is 2.96. The standard InChI is InChI=1S/C14H19FN2O2S/c15-13-6-5-11(7-14(13)16)20(18,19)17-8-12(9-1-2-9)10-3-4-10/h5-7,9-10,12,17H,1-4,8,16H2. The monoisotopic (exact) mass is 298 g/mol. The molecule has 6 heteroatoms. The highest BCUT2D eigenvalue weighted by Gasteiger charge is 2.41. The van der Waals surface area contributed by atoms with Crippen molar-refractivity contribution in [1.82, 2.24) is 4.72 Å². The van der Waals surface area contributed by atoms with Gasteiger partial charge in [-0.05, 0) is 61.6 Å². The maximum atomic E-state index is 13.1. The zero-order valence-electron chi connectivity index (χ0n) is 11.2. The molecule has 3 rings (SSSR count). The van der Waals surface area contributed by atoms with Gasteiger partial charge in [-0.25, -0.2) is 17.5 Å². The summed E-state index contributed by atoms with van der Waals surface area (Å²) in [5, 5.41) is 0. The number of nitrogen functional groups attached to an aromatic ring is 1. The number of hydrogen-bond acceptors (Lipinski definition) is 3. The highest BCUT2D eigenvalue weighted by Crippen LogP contribution is 2.48. The van der Waals surface area contributed by atoms with E-state index in [-0.39, 0.29) is 10.6 Å². The lowest BCUT2D eigenvalue weighted by Crippen LogP contribution is -2.31. The minimum atomic E-state index is -3.60. The summed E-state index contributed by atoms with van der Waals surface area (Å²) in [4.78, 5) is 0.0294. The van der Waals surface area contributed by atoms with E-state index in [1.165, 1.54) is 37.8 Å². The van der Waals surface area contributed by atoms with Gasteiger partial charge in [-0.2, -0.15) is 0 Å². The SMILES string of the molecule is Nc1cc(S(=O)(=O)NCC(C2CC2)C2CC2)ccc1F. The number of sulfonamides is 1. The van der Waals surface area contributed by atoms with E-state index >= 15 is 0 Å². The Balaban J connectivity index is 1.69. The van der Waals surface area contributed by atoms with E-state index in [0.29, 0.717) is 24.3 Å². The predicted octanol–water partition coefficient (Wildman–Crippen LogP) is 2.12. The van der Waals surface area contributed by atoms with Crippen molar-refractivity contribution in [3.63, 3.8) is 0 Å². The average molecular weight is 298 g/mol. The fourth-order valence-electron chi connectivity index (χ4n) is 2.75. The molecule has 2 aliphatic carbocycles. The Kier molecular flexibility index (Phi) is 3.46. The van der Waals surface area contributed by atoms with Gasteiger partial charge in [0.25, 0.3) is 0 Å². The summed E-state index contributed by atoms with van der Waals surface area (Å²) in [7, 11) is -3.60. The Morgan fingerprint density at radius 3 is 2.35 bits per heavy atom. The Labute approximate surface area is 118 Å². The zero-order chi connectivity index (χ0) is 14.3. The summed E-state index contributed by atoms with van der Waals surface area (Å²) >= 11 is 0. The summed E-state index contributed by atoms with van der Waals surface area (Å²) in [6.07, 6.45) is 4.86. The number of nitrogens with one attached hydrogen (secondary N) is 1. The van der Waals surface area contributed by atoms with Gasteiger partial charge < -0.3 is 5.73 Å². The van der Waals surface area contributed by atoms with Crippen LogP contribution >= 0.6 is 0 Å². The molecule has 1 aromatic carbocycles. The number of hydrogen-bond donors (Lipinski definition) is 2. The summed E-state index contributed by atoms with van der Waals surface area (Å²) in [5.41, 5.74) is 5.28. The van der Waals surface area contributed by atoms with E-state index < -0.39 is 15.8 Å². The van der Waals surface area contributed by atoms with Crippen LogP contribution in [0.2, 0.25) is 0 Å². The van der Waals surface area contributed by atoms with Gasteiger partial charge in [0.1, 0.15) is 5.82 Å². The molecule has 2 saturated carbocycles. The molecule has 0 atom stereocenters. The predicted molar refractivity (Wildman–Crippen MR) is 74.9 cm³/mol. The van der Waals surface area contributed by atoms with E-state index in [4.69, 9.17) is 5.73 Å². The molecule has 0 heterocycles. The molecule has 3 N–H and O–H groups in total. The number of nitrogens with two attached hydrogens (primary N) is 1. The quantitative estimate of drug-likeness (QED) is 0.790. The van der Waals surface area contributed by atoms with Crippen molar-refractivity contribution >= 4 is 15.7 Å². The largest absolute Gasteiger partial charge is 0.396 e. The third-order valence-electron chi connectivity index (χ3n) is 4.24. The van der Waals surface area contributed by atoms with Crippen molar-refractivity contribution in [2.24, 2.45) is 17.8 Å². The van der Waals surface area contributed by atoms with Crippen molar-refractivity contribution in [3.05, 3.63) is 24.0 Å². The van der Waals surface area contributed by atoms with Crippen LogP contribution in [0.5, 0.6) is 0 Å². The van der Waals surface area contributed by atoms with E-state index in [1.807, 2.05) is 0 Å². The van der Waals surface area contributed by atoms with E-state index in [1.54, 1.807) is 0 Å². The summed E-state index contributed by atoms with van der Waals surface area (Å²) in [6.45, 7) is 0.481. The van der Waals surface area contributed by atoms with E-state index in [9.17, 15) is 12.8 Å². The molecular formula is C14H19FN2O2S. The molecule has 0 saturated heterocycles. The van der Waals surface area contributed by atoms with Crippen molar-refractivity contribution in [2.45, 2.75) is 30.6 Å². The molecule has 0 bridgehead atoms. The minimum Gasteiger partial charge on any atom is -0.396 e. The first-order valence-electron chi connectivity index (χ1n) is 7.02. The minimum absolute atomic E-state index is 0.0294. The van der Waals surface area contributed by atoms with Gasteiger partial charge in [0.2, 0.25) is 10.0 Å². The van der Waals surface area contributed by atoms with Crippen LogP contribution < -0.4 is 10.5 Å². The molecule has 2 fully saturated rings. The lowest BCUT2D eigenvalue weighted by Gasteiger charge is -2.16. The number of rotatable bonds is 6. The number of anilines is 1. The Bertz CT molecular complexity index is 598. The first-order chi connectivity index (χ1) is 9.47. The molecule has 20 heavy (non-hydrogen) atoms. The molecule has 0 radical (unpaired) electrons. The van der Waals surface area contributed by atoms with Crippen LogP contribution in [-0.2, 0) is 10.0 Å². The van der Waals surface area contributed by atoms with Gasteiger partial charge in [-0.1, -0.05) is 0 Å². The zero-order valence-corrected chi connectivity index (χ0v) is 12.0. The van der Waals surface area contributed by atoms with Gasteiger partial charge >= 0.3 is 0 Å². The van der Waals surface area contributed by atoms with Crippen molar-refractivity contribution < 1.29 is 12.8 Å². The topological polar surface area (TPSA) is 72.2 Å². The lowest BCUT2D eigenvalue weighted by molar-refractivity contribution is 0.401. The summed E-state index contributed by atoms with van der Waals surface area (Å²) in [5.74, 6) is 1.23. The molecule has 1 aromatic rings. The van der Waals surface area contributed by atoms with Crippen LogP contribution in [0.1, 0.15) is 25.7 Å². The van der Waals surface area contributed by atoms with Crippen LogP contribution in [0.15, 0.2) is 23.1 Å². The molecule has 4 nitrogen and oxygen atoms in total. The van der Waals surface area contributed by atoms with Crippen molar-refractivity contribution in [1.29, 1.82) is 0 Å². The van der Waals surface area contributed by atoms with Crippen LogP contribution in [0.4, 0.5) is 10.1 Å². The fraction of sp³-hybridized carbons (Fsp3) is 0.571. The Hall–Kier alpha value is -1.14. The Morgan fingerprint density at radius 1 is 1.25 bits per heavy atom. The van der Waals surface area contributed by atoms with Gasteiger partial charge in [0.15, 0.2) is 0 Å². The van der Waals surface area contributed by atoms with E-state index in [2.05, 4.69) is 4.72 Å². The van der Waals surface area contributed by atoms with Gasteiger partial charge in [-0.3, -0.25) is 0 Å². The number of halogens is 1. The molecule has 2 aliphatic rings. The second-order valence-corrected chi connectivity index (χ2v) is 7.64. The second-order valence-electron chi connectivity index (χ2n) is 5.87. The van der Waals surface area contributed by atoms with Gasteiger partial charge in [0.05, 0.1) is 10.6 Å². The highest BCUT2D eigenvalue weighted by molar-refractivity contribution is 7.89. The fourth-order valence-corrected chi connectivity index (χ4v) is 3.85. The molecule has 110 valence electrons. The maximum Gasteiger partial charge on any atom is 0.240 e.